The fourth-order valence-electron chi connectivity index (χ4n) is 3.61. The highest BCUT2D eigenvalue weighted by atomic mass is 127. The summed E-state index contributed by atoms with van der Waals surface area (Å²) in [6.45, 7) is 12.1. The van der Waals surface area contributed by atoms with E-state index in [1.165, 1.54) is 18.4 Å². The van der Waals surface area contributed by atoms with Crippen LogP contribution in [0.1, 0.15) is 32.3 Å². The number of hydrogen-bond acceptors (Lipinski definition) is 3. The second-order valence-electron chi connectivity index (χ2n) is 7.74. The summed E-state index contributed by atoms with van der Waals surface area (Å²) in [7, 11) is 0. The number of benzene rings is 1. The zero-order valence-corrected chi connectivity index (χ0v) is 19.1. The van der Waals surface area contributed by atoms with Crippen molar-refractivity contribution in [3.63, 3.8) is 0 Å². The molecular formula is C21H35IN4O. The van der Waals surface area contributed by atoms with Gasteiger partial charge in [-0.05, 0) is 31.2 Å². The summed E-state index contributed by atoms with van der Waals surface area (Å²) in [5.41, 5.74) is 1.70. The number of ether oxygens (including phenoxy) is 1. The van der Waals surface area contributed by atoms with Crippen molar-refractivity contribution < 1.29 is 4.74 Å². The third-order valence-corrected chi connectivity index (χ3v) is 5.42. The Morgan fingerprint density at radius 1 is 1.19 bits per heavy atom. The van der Waals surface area contributed by atoms with E-state index < -0.39 is 0 Å². The molecule has 0 spiro atoms. The maximum absolute atomic E-state index is 5.43. The van der Waals surface area contributed by atoms with E-state index in [4.69, 9.17) is 9.73 Å². The van der Waals surface area contributed by atoms with Crippen molar-refractivity contribution in [1.29, 1.82) is 0 Å². The molecule has 6 heteroatoms. The molecule has 2 N–H and O–H groups in total. The number of halogens is 1. The van der Waals surface area contributed by atoms with Gasteiger partial charge >= 0.3 is 0 Å². The van der Waals surface area contributed by atoms with Gasteiger partial charge in [0.05, 0.1) is 19.8 Å². The highest BCUT2D eigenvalue weighted by Crippen LogP contribution is 2.48. The lowest BCUT2D eigenvalue weighted by Gasteiger charge is -2.29. The molecule has 1 aromatic rings. The molecule has 5 nitrogen and oxygen atoms in total. The van der Waals surface area contributed by atoms with Gasteiger partial charge in [-0.15, -0.1) is 24.0 Å². The number of morpholine rings is 1. The average molecular weight is 486 g/mol. The van der Waals surface area contributed by atoms with Crippen molar-refractivity contribution in [2.75, 3.05) is 52.5 Å². The van der Waals surface area contributed by atoms with E-state index in [0.29, 0.717) is 5.92 Å². The molecule has 3 rings (SSSR count). The summed E-state index contributed by atoms with van der Waals surface area (Å²) in [4.78, 5) is 7.40. The minimum atomic E-state index is 0. The van der Waals surface area contributed by atoms with E-state index in [0.717, 1.165) is 58.4 Å². The Bertz CT molecular complexity index is 571. The molecule has 1 saturated heterocycles. The van der Waals surface area contributed by atoms with Crippen molar-refractivity contribution in [2.24, 2.45) is 10.9 Å². The molecule has 0 amide bonds. The van der Waals surface area contributed by atoms with Crippen LogP contribution >= 0.6 is 24.0 Å². The Kier molecular flexibility index (Phi) is 9.32. The molecule has 1 aromatic carbocycles. The Morgan fingerprint density at radius 3 is 2.52 bits per heavy atom. The molecule has 2 fully saturated rings. The van der Waals surface area contributed by atoms with E-state index in [1.54, 1.807) is 0 Å². The molecule has 1 heterocycles. The summed E-state index contributed by atoms with van der Waals surface area (Å²) >= 11 is 0. The lowest BCUT2D eigenvalue weighted by molar-refractivity contribution is 0.0320. The van der Waals surface area contributed by atoms with E-state index in [1.807, 2.05) is 0 Å². The number of hydrogen-bond donors (Lipinski definition) is 2. The van der Waals surface area contributed by atoms with Gasteiger partial charge in [-0.1, -0.05) is 37.3 Å². The quantitative estimate of drug-likeness (QED) is 0.337. The summed E-state index contributed by atoms with van der Waals surface area (Å²) in [5.74, 6) is 1.53. The van der Waals surface area contributed by atoms with Crippen molar-refractivity contribution in [3.8, 4) is 0 Å². The zero-order valence-electron chi connectivity index (χ0n) is 16.7. The second kappa shape index (κ2) is 11.2. The van der Waals surface area contributed by atoms with Gasteiger partial charge < -0.3 is 15.4 Å². The number of rotatable bonds is 8. The molecule has 1 unspecified atom stereocenters. The normalized spacial score (nSPS) is 20.4. The molecule has 0 aromatic heterocycles. The van der Waals surface area contributed by atoms with Gasteiger partial charge in [-0.2, -0.15) is 0 Å². The highest BCUT2D eigenvalue weighted by Gasteiger charge is 2.43. The molecule has 152 valence electrons. The fraction of sp³-hybridized carbons (Fsp3) is 0.667. The first-order valence-electron chi connectivity index (χ1n) is 10.1. The van der Waals surface area contributed by atoms with E-state index >= 15 is 0 Å². The van der Waals surface area contributed by atoms with Crippen LogP contribution in [0, 0.1) is 5.92 Å². The van der Waals surface area contributed by atoms with Crippen LogP contribution < -0.4 is 10.6 Å². The third kappa shape index (κ3) is 6.91. The van der Waals surface area contributed by atoms with Crippen molar-refractivity contribution in [1.82, 2.24) is 15.5 Å². The van der Waals surface area contributed by atoms with E-state index in [-0.39, 0.29) is 29.4 Å². The van der Waals surface area contributed by atoms with Crippen LogP contribution in [-0.4, -0.2) is 63.3 Å². The molecule has 1 aliphatic heterocycles. The topological polar surface area (TPSA) is 48.9 Å². The van der Waals surface area contributed by atoms with Gasteiger partial charge in [-0.3, -0.25) is 9.89 Å². The van der Waals surface area contributed by atoms with Gasteiger partial charge in [0.25, 0.3) is 0 Å². The van der Waals surface area contributed by atoms with Crippen LogP contribution in [0.4, 0.5) is 0 Å². The maximum Gasteiger partial charge on any atom is 0.191 e. The summed E-state index contributed by atoms with van der Waals surface area (Å²) < 4.78 is 5.43. The van der Waals surface area contributed by atoms with Crippen LogP contribution in [0.25, 0.3) is 0 Å². The monoisotopic (exact) mass is 486 g/mol. The highest BCUT2D eigenvalue weighted by molar-refractivity contribution is 14.0. The summed E-state index contributed by atoms with van der Waals surface area (Å²) in [6, 6.07) is 10.8. The minimum Gasteiger partial charge on any atom is -0.379 e. The predicted octanol–water partition coefficient (Wildman–Crippen LogP) is 2.86. The van der Waals surface area contributed by atoms with Crippen LogP contribution in [0.15, 0.2) is 35.3 Å². The van der Waals surface area contributed by atoms with Crippen molar-refractivity contribution >= 4 is 29.9 Å². The number of nitrogens with one attached hydrogen (secondary N) is 2. The first-order chi connectivity index (χ1) is 12.7. The van der Waals surface area contributed by atoms with Gasteiger partial charge in [-0.25, -0.2) is 0 Å². The van der Waals surface area contributed by atoms with Crippen LogP contribution in [0.3, 0.4) is 0 Å². The van der Waals surface area contributed by atoms with Gasteiger partial charge in [0.2, 0.25) is 0 Å². The number of aliphatic imine (C=N–C) groups is 1. The molecule has 1 atom stereocenters. The second-order valence-corrected chi connectivity index (χ2v) is 7.74. The van der Waals surface area contributed by atoms with E-state index in [2.05, 4.69) is 59.7 Å². The SMILES string of the molecule is CCNC(=NCC1(c2ccccc2)CC1)NCC(C)CN1CCOCC1.I. The molecule has 27 heavy (non-hydrogen) atoms. The standard InChI is InChI=1S/C21H34N4O.HI/c1-3-22-20(23-15-18(2)16-25-11-13-26-14-12-25)24-17-21(9-10-21)19-7-5-4-6-8-19;/h4-8,18H,3,9-17H2,1-2H3,(H2,22,23,24);1H. The van der Waals surface area contributed by atoms with Crippen molar-refractivity contribution in [3.05, 3.63) is 35.9 Å². The minimum absolute atomic E-state index is 0. The average Bonchev–Trinajstić information content (AvgIpc) is 3.47. The maximum atomic E-state index is 5.43. The molecule has 2 aliphatic rings. The molecule has 0 bridgehead atoms. The molecule has 0 radical (unpaired) electrons. The van der Waals surface area contributed by atoms with Crippen molar-refractivity contribution in [2.45, 2.75) is 32.1 Å². The smallest absolute Gasteiger partial charge is 0.191 e. The molecular weight excluding hydrogens is 451 g/mol. The lowest BCUT2D eigenvalue weighted by atomic mass is 9.96. The van der Waals surface area contributed by atoms with Gasteiger partial charge in [0, 0.05) is 38.1 Å². The lowest BCUT2D eigenvalue weighted by Crippen LogP contribution is -2.44. The van der Waals surface area contributed by atoms with Crippen LogP contribution in [0.2, 0.25) is 0 Å². The Hall–Kier alpha value is -0.860. The Balaban J connectivity index is 0.00000261. The first-order valence-corrected chi connectivity index (χ1v) is 10.1. The van der Waals surface area contributed by atoms with Gasteiger partial charge in [0.15, 0.2) is 5.96 Å². The van der Waals surface area contributed by atoms with Crippen LogP contribution in [-0.2, 0) is 10.2 Å². The van der Waals surface area contributed by atoms with E-state index in [9.17, 15) is 0 Å². The Labute approximate surface area is 181 Å². The molecule has 1 saturated carbocycles. The molecule has 1 aliphatic carbocycles. The fourth-order valence-corrected chi connectivity index (χ4v) is 3.61. The number of nitrogens with zero attached hydrogens (tertiary/aromatic N) is 2. The van der Waals surface area contributed by atoms with Gasteiger partial charge in [0.1, 0.15) is 0 Å². The zero-order chi connectivity index (χ0) is 18.2. The predicted molar refractivity (Wildman–Crippen MR) is 123 cm³/mol. The third-order valence-electron chi connectivity index (χ3n) is 5.42. The Morgan fingerprint density at radius 2 is 1.89 bits per heavy atom. The van der Waals surface area contributed by atoms with Crippen LogP contribution in [0.5, 0.6) is 0 Å². The largest absolute Gasteiger partial charge is 0.379 e. The summed E-state index contributed by atoms with van der Waals surface area (Å²) in [6.07, 6.45) is 2.49. The first kappa shape index (κ1) is 22.4. The number of guanidine groups is 1. The summed E-state index contributed by atoms with van der Waals surface area (Å²) in [5, 5.41) is 6.94.